The van der Waals surface area contributed by atoms with Crippen LogP contribution in [0.2, 0.25) is 0 Å². The summed E-state index contributed by atoms with van der Waals surface area (Å²) in [5.74, 6) is 0.163. The molecule has 1 unspecified atom stereocenters. The van der Waals surface area contributed by atoms with Crippen molar-refractivity contribution in [1.29, 1.82) is 0 Å². The van der Waals surface area contributed by atoms with Crippen molar-refractivity contribution in [2.24, 2.45) is 5.92 Å². The van der Waals surface area contributed by atoms with Gasteiger partial charge in [-0.3, -0.25) is 9.69 Å². The molecule has 0 aliphatic carbocycles. The maximum Gasteiger partial charge on any atom is 0.222 e. The van der Waals surface area contributed by atoms with Crippen molar-refractivity contribution in [2.45, 2.75) is 20.3 Å². The highest BCUT2D eigenvalue weighted by Gasteiger charge is 2.12. The summed E-state index contributed by atoms with van der Waals surface area (Å²) in [6.07, 6.45) is 0.859. The number of amides is 1. The molecule has 0 aromatic heterocycles. The Morgan fingerprint density at radius 2 is 1.52 bits per heavy atom. The Bertz CT molecular complexity index is 336. The third-order valence-corrected chi connectivity index (χ3v) is 4.50. The molecule has 7 heteroatoms. The summed E-state index contributed by atoms with van der Waals surface area (Å²) in [6, 6.07) is 0. The highest BCUT2D eigenvalue weighted by atomic mass is 16.5. The number of hydrogen-bond donors (Lipinski definition) is 1. The van der Waals surface area contributed by atoms with Crippen molar-refractivity contribution < 1.29 is 19.0 Å². The average Bonchev–Trinajstić information content (AvgIpc) is 2.63. The lowest BCUT2D eigenvalue weighted by molar-refractivity contribution is -0.124. The zero-order chi connectivity index (χ0) is 18.3. The average molecular weight is 360 g/mol. The Morgan fingerprint density at radius 1 is 0.960 bits per heavy atom. The van der Waals surface area contributed by atoms with Crippen molar-refractivity contribution >= 4 is 5.91 Å². The third kappa shape index (κ3) is 11.5. The smallest absolute Gasteiger partial charge is 0.222 e. The number of piperazine rings is 1. The molecule has 1 aliphatic heterocycles. The summed E-state index contributed by atoms with van der Waals surface area (Å²) in [4.78, 5) is 16.3. The van der Waals surface area contributed by atoms with E-state index in [2.05, 4.69) is 22.2 Å². The van der Waals surface area contributed by atoms with Crippen LogP contribution in [0.1, 0.15) is 20.3 Å². The van der Waals surface area contributed by atoms with Gasteiger partial charge in [0, 0.05) is 45.2 Å². The van der Waals surface area contributed by atoms with E-state index in [0.717, 1.165) is 45.8 Å². The molecule has 0 bridgehead atoms. The maximum absolute atomic E-state index is 11.5. The monoisotopic (exact) mass is 359 g/mol. The number of ether oxygens (including phenoxy) is 3. The topological polar surface area (TPSA) is 63.3 Å². The van der Waals surface area contributed by atoms with Gasteiger partial charge < -0.3 is 24.4 Å². The number of carbonyl (C=O) groups excluding carboxylic acids is 1. The van der Waals surface area contributed by atoms with Crippen molar-refractivity contribution in [3.63, 3.8) is 0 Å². The van der Waals surface area contributed by atoms with Crippen LogP contribution >= 0.6 is 0 Å². The summed E-state index contributed by atoms with van der Waals surface area (Å²) in [6.45, 7) is 13.6. The Hall–Kier alpha value is -0.730. The van der Waals surface area contributed by atoms with E-state index in [1.807, 2.05) is 13.8 Å². The van der Waals surface area contributed by atoms with Crippen LogP contribution in [0, 0.1) is 5.92 Å². The van der Waals surface area contributed by atoms with Crippen LogP contribution in [0.4, 0.5) is 0 Å². The summed E-state index contributed by atoms with van der Waals surface area (Å²) >= 11 is 0. The van der Waals surface area contributed by atoms with Crippen LogP contribution in [0.15, 0.2) is 0 Å². The van der Waals surface area contributed by atoms with Crippen LogP contribution < -0.4 is 5.32 Å². The lowest BCUT2D eigenvalue weighted by atomic mass is 10.1. The van der Waals surface area contributed by atoms with E-state index in [1.165, 1.54) is 0 Å². The van der Waals surface area contributed by atoms with Gasteiger partial charge in [0.15, 0.2) is 0 Å². The van der Waals surface area contributed by atoms with E-state index in [1.54, 1.807) is 0 Å². The van der Waals surface area contributed by atoms with E-state index in [0.29, 0.717) is 39.6 Å². The van der Waals surface area contributed by atoms with Gasteiger partial charge in [-0.2, -0.15) is 0 Å². The van der Waals surface area contributed by atoms with Gasteiger partial charge in [0.2, 0.25) is 5.91 Å². The number of nitrogens with one attached hydrogen (secondary N) is 1. The second kappa shape index (κ2) is 14.4. The normalized spacial score (nSPS) is 17.6. The Labute approximate surface area is 153 Å². The largest absolute Gasteiger partial charge is 0.378 e. The summed E-state index contributed by atoms with van der Waals surface area (Å²) < 4.78 is 16.5. The lowest BCUT2D eigenvalue weighted by Gasteiger charge is -2.32. The molecule has 1 saturated heterocycles. The number of likely N-dealkylation sites (N-methyl/N-ethyl adjacent to an activating group) is 1. The molecule has 0 aromatic carbocycles. The maximum atomic E-state index is 11.5. The predicted molar refractivity (Wildman–Crippen MR) is 98.9 cm³/mol. The minimum absolute atomic E-state index is 0.0691. The summed E-state index contributed by atoms with van der Waals surface area (Å²) in [7, 11) is 2.16. The van der Waals surface area contributed by atoms with Gasteiger partial charge in [0.25, 0.3) is 0 Å². The molecular weight excluding hydrogens is 322 g/mol. The number of rotatable bonds is 14. The molecule has 1 heterocycles. The lowest BCUT2D eigenvalue weighted by Crippen LogP contribution is -2.45. The fourth-order valence-corrected chi connectivity index (χ4v) is 2.41. The van der Waals surface area contributed by atoms with Crippen LogP contribution in [-0.4, -0.2) is 102 Å². The van der Waals surface area contributed by atoms with Gasteiger partial charge in [-0.25, -0.2) is 0 Å². The fraction of sp³-hybridized carbons (Fsp3) is 0.944. The standard InChI is InChI=1S/C18H37N3O4/c1-4-17(2)18(22)19-5-11-23-13-15-25-16-14-24-12-10-21-8-6-20(3)7-9-21/h17H,4-16H2,1-3H3,(H,19,22). The molecule has 0 spiro atoms. The number of nitrogens with zero attached hydrogens (tertiary/aromatic N) is 2. The van der Waals surface area contributed by atoms with Gasteiger partial charge in [0.05, 0.1) is 39.6 Å². The first-order chi connectivity index (χ1) is 12.1. The Kier molecular flexibility index (Phi) is 12.9. The van der Waals surface area contributed by atoms with Gasteiger partial charge in [-0.1, -0.05) is 13.8 Å². The molecule has 0 radical (unpaired) electrons. The molecule has 1 rings (SSSR count). The van der Waals surface area contributed by atoms with Crippen LogP contribution in [-0.2, 0) is 19.0 Å². The Morgan fingerprint density at radius 3 is 2.12 bits per heavy atom. The van der Waals surface area contributed by atoms with Gasteiger partial charge in [-0.05, 0) is 13.5 Å². The van der Waals surface area contributed by atoms with E-state index in [4.69, 9.17) is 14.2 Å². The molecule has 0 aromatic rings. The molecule has 1 aliphatic rings. The second-order valence-corrected chi connectivity index (χ2v) is 6.58. The molecule has 1 amide bonds. The summed E-state index contributed by atoms with van der Waals surface area (Å²) in [5.41, 5.74) is 0. The first-order valence-corrected chi connectivity index (χ1v) is 9.55. The first-order valence-electron chi connectivity index (χ1n) is 9.55. The van der Waals surface area contributed by atoms with E-state index >= 15 is 0 Å². The number of carbonyl (C=O) groups is 1. The molecule has 1 atom stereocenters. The number of hydrogen-bond acceptors (Lipinski definition) is 6. The fourth-order valence-electron chi connectivity index (χ4n) is 2.41. The van der Waals surface area contributed by atoms with E-state index < -0.39 is 0 Å². The first kappa shape index (κ1) is 22.3. The van der Waals surface area contributed by atoms with Gasteiger partial charge in [0.1, 0.15) is 0 Å². The molecule has 1 N–H and O–H groups in total. The van der Waals surface area contributed by atoms with Crippen LogP contribution in [0.3, 0.4) is 0 Å². The van der Waals surface area contributed by atoms with Crippen molar-refractivity contribution in [1.82, 2.24) is 15.1 Å². The zero-order valence-electron chi connectivity index (χ0n) is 16.3. The molecular formula is C18H37N3O4. The van der Waals surface area contributed by atoms with Crippen molar-refractivity contribution in [3.8, 4) is 0 Å². The summed E-state index contributed by atoms with van der Waals surface area (Å²) in [5, 5.41) is 2.86. The molecule has 25 heavy (non-hydrogen) atoms. The van der Waals surface area contributed by atoms with Gasteiger partial charge in [-0.15, -0.1) is 0 Å². The van der Waals surface area contributed by atoms with E-state index in [9.17, 15) is 4.79 Å². The minimum atomic E-state index is 0.0691. The van der Waals surface area contributed by atoms with Gasteiger partial charge >= 0.3 is 0 Å². The predicted octanol–water partition coefficient (Wildman–Crippen LogP) is 0.446. The van der Waals surface area contributed by atoms with Crippen LogP contribution in [0.5, 0.6) is 0 Å². The molecule has 1 fully saturated rings. The zero-order valence-corrected chi connectivity index (χ0v) is 16.3. The SMILES string of the molecule is CCC(C)C(=O)NCCOCCOCCOCCN1CCN(C)CC1. The van der Waals surface area contributed by atoms with Crippen LogP contribution in [0.25, 0.3) is 0 Å². The quantitative estimate of drug-likeness (QED) is 0.454. The Balaban J connectivity index is 1.77. The highest BCUT2D eigenvalue weighted by Crippen LogP contribution is 1.99. The third-order valence-electron chi connectivity index (χ3n) is 4.50. The highest BCUT2D eigenvalue weighted by molar-refractivity contribution is 5.78. The minimum Gasteiger partial charge on any atom is -0.378 e. The molecule has 148 valence electrons. The second-order valence-electron chi connectivity index (χ2n) is 6.58. The molecule has 0 saturated carbocycles. The van der Waals surface area contributed by atoms with Crippen molar-refractivity contribution in [2.75, 3.05) is 86.0 Å². The van der Waals surface area contributed by atoms with Crippen molar-refractivity contribution in [3.05, 3.63) is 0 Å². The van der Waals surface area contributed by atoms with E-state index in [-0.39, 0.29) is 11.8 Å². The molecule has 7 nitrogen and oxygen atoms in total.